The van der Waals surface area contributed by atoms with Crippen LogP contribution in [-0.2, 0) is 4.57 Å². The van der Waals surface area contributed by atoms with Crippen molar-refractivity contribution in [1.82, 2.24) is 4.67 Å². The molecular weight excluding hydrogens is 130 g/mol. The molecule has 0 spiro atoms. The van der Waals surface area contributed by atoms with Crippen molar-refractivity contribution in [1.29, 1.82) is 0 Å². The summed E-state index contributed by atoms with van der Waals surface area (Å²) < 4.78 is 15.2. The number of nitrogens with zero attached hydrogens (tertiary/aromatic N) is 2. The van der Waals surface area contributed by atoms with E-state index in [2.05, 4.69) is 13.5 Å². The SMILES string of the molecule is CN(C)[P+](=O)N=P. The number of rotatable bonds is 2. The molecule has 7 heavy (non-hydrogen) atoms. The van der Waals surface area contributed by atoms with Crippen molar-refractivity contribution in [3.8, 4) is 0 Å². The number of hydrogen-bond donors (Lipinski definition) is 0. The summed E-state index contributed by atoms with van der Waals surface area (Å²) in [5.74, 6) is 0. The molecule has 0 aliphatic rings. The lowest BCUT2D eigenvalue weighted by Gasteiger charge is -1.82. The Morgan fingerprint density at radius 1 is 1.71 bits per heavy atom. The fraction of sp³-hybridized carbons (Fsp3) is 1.00. The van der Waals surface area contributed by atoms with Gasteiger partial charge in [-0.25, -0.2) is 0 Å². The molecule has 0 radical (unpaired) electrons. The van der Waals surface area contributed by atoms with Gasteiger partial charge < -0.3 is 0 Å². The minimum Gasteiger partial charge on any atom is -0.0785 e. The van der Waals surface area contributed by atoms with Gasteiger partial charge in [-0.15, -0.1) is 0 Å². The van der Waals surface area contributed by atoms with E-state index in [9.17, 15) is 4.57 Å². The summed E-state index contributed by atoms with van der Waals surface area (Å²) >= 11 is 0. The van der Waals surface area contributed by atoms with E-state index in [0.29, 0.717) is 0 Å². The van der Waals surface area contributed by atoms with Crippen molar-refractivity contribution in [3.05, 3.63) is 0 Å². The van der Waals surface area contributed by atoms with Gasteiger partial charge in [0.2, 0.25) is 0 Å². The van der Waals surface area contributed by atoms with Gasteiger partial charge in [-0.05, 0) is 4.57 Å². The fourth-order valence-corrected chi connectivity index (χ4v) is 0.805. The van der Waals surface area contributed by atoms with Crippen LogP contribution in [0.1, 0.15) is 0 Å². The molecule has 0 aromatic carbocycles. The Balaban J connectivity index is 3.56. The van der Waals surface area contributed by atoms with Crippen molar-refractivity contribution >= 4 is 17.1 Å². The Labute approximate surface area is 45.9 Å². The third kappa shape index (κ3) is 2.81. The summed E-state index contributed by atoms with van der Waals surface area (Å²) in [6.07, 6.45) is 0. The Kier molecular flexibility index (Phi) is 3.27. The summed E-state index contributed by atoms with van der Waals surface area (Å²) in [5, 5.41) is 0. The highest BCUT2D eigenvalue weighted by molar-refractivity contribution is 7.44. The Bertz CT molecular complexity index is 91.7. The summed E-state index contributed by atoms with van der Waals surface area (Å²) in [7, 11) is 4.64. The summed E-state index contributed by atoms with van der Waals surface area (Å²) in [5.41, 5.74) is 0. The Morgan fingerprint density at radius 3 is 2.14 bits per heavy atom. The van der Waals surface area contributed by atoms with E-state index in [1.165, 1.54) is 4.67 Å². The van der Waals surface area contributed by atoms with Crippen molar-refractivity contribution in [2.24, 2.45) is 4.52 Å². The second kappa shape index (κ2) is 3.20. The molecule has 0 fully saturated rings. The topological polar surface area (TPSA) is 32.7 Å². The zero-order valence-electron chi connectivity index (χ0n) is 4.25. The van der Waals surface area contributed by atoms with Crippen molar-refractivity contribution in [2.75, 3.05) is 14.1 Å². The minimum absolute atomic E-state index is 1.52. The molecule has 1 unspecified atom stereocenters. The van der Waals surface area contributed by atoms with Crippen molar-refractivity contribution in [3.63, 3.8) is 0 Å². The molecule has 0 heterocycles. The maximum Gasteiger partial charge on any atom is 0.592 e. The van der Waals surface area contributed by atoms with Gasteiger partial charge in [0.1, 0.15) is 0 Å². The van der Waals surface area contributed by atoms with Crippen LogP contribution in [0.25, 0.3) is 0 Å². The second-order valence-corrected chi connectivity index (χ2v) is 3.31. The van der Waals surface area contributed by atoms with Crippen LogP contribution in [0.4, 0.5) is 0 Å². The van der Waals surface area contributed by atoms with Gasteiger partial charge in [-0.3, -0.25) is 0 Å². The minimum atomic E-state index is -1.52. The lowest BCUT2D eigenvalue weighted by molar-refractivity contribution is 0.537. The molecule has 0 aliphatic heterocycles. The second-order valence-electron chi connectivity index (χ2n) is 1.20. The van der Waals surface area contributed by atoms with Crippen LogP contribution in [0.15, 0.2) is 4.52 Å². The molecule has 0 bridgehead atoms. The van der Waals surface area contributed by atoms with Gasteiger partial charge in [0.15, 0.2) is 0 Å². The van der Waals surface area contributed by atoms with Crippen molar-refractivity contribution < 1.29 is 4.57 Å². The Morgan fingerprint density at radius 2 is 2.14 bits per heavy atom. The van der Waals surface area contributed by atoms with E-state index >= 15 is 0 Å². The van der Waals surface area contributed by atoms with Gasteiger partial charge in [-0.2, -0.15) is 0 Å². The summed E-state index contributed by atoms with van der Waals surface area (Å²) in [6.45, 7) is 0. The van der Waals surface area contributed by atoms with Crippen molar-refractivity contribution in [2.45, 2.75) is 0 Å². The highest BCUT2D eigenvalue weighted by Gasteiger charge is 2.14. The quantitative estimate of drug-likeness (QED) is 0.540. The normalized spacial score (nSPS) is 11.6. The first kappa shape index (κ1) is 7.16. The van der Waals surface area contributed by atoms with E-state index in [-0.39, 0.29) is 0 Å². The molecular formula is C2H7N2OP2+. The van der Waals surface area contributed by atoms with Gasteiger partial charge >= 0.3 is 8.10 Å². The average molecular weight is 137 g/mol. The standard InChI is InChI=1S/C2H7N2OP2/c1-4(2)7(5)3-6/h6H,1-2H3/q+1. The van der Waals surface area contributed by atoms with Gasteiger partial charge in [0.05, 0.1) is 9.03 Å². The summed E-state index contributed by atoms with van der Waals surface area (Å²) in [4.78, 5) is 0. The van der Waals surface area contributed by atoms with Crippen LogP contribution in [0, 0.1) is 0 Å². The van der Waals surface area contributed by atoms with E-state index in [1.54, 1.807) is 14.1 Å². The van der Waals surface area contributed by atoms with E-state index < -0.39 is 8.10 Å². The molecule has 0 aromatic rings. The first-order valence-corrected chi connectivity index (χ1v) is 3.31. The third-order valence-corrected chi connectivity index (χ3v) is 1.80. The molecule has 40 valence electrons. The van der Waals surface area contributed by atoms with Gasteiger partial charge in [-0.1, -0.05) is 4.67 Å². The smallest absolute Gasteiger partial charge is 0.0785 e. The maximum absolute atomic E-state index is 10.4. The molecule has 0 rings (SSSR count). The molecule has 5 heteroatoms. The van der Waals surface area contributed by atoms with Crippen LogP contribution in [0.2, 0.25) is 0 Å². The van der Waals surface area contributed by atoms with Crippen LogP contribution in [0.3, 0.4) is 0 Å². The average Bonchev–Trinajstić information content (AvgIpc) is 1.65. The molecule has 0 aromatic heterocycles. The predicted octanol–water partition coefficient (Wildman–Crippen LogP) is 1.53. The summed E-state index contributed by atoms with van der Waals surface area (Å²) in [6, 6.07) is 0. The first-order valence-electron chi connectivity index (χ1n) is 1.70. The molecule has 3 nitrogen and oxygen atoms in total. The van der Waals surface area contributed by atoms with E-state index in [0.717, 1.165) is 0 Å². The molecule has 0 saturated carbocycles. The molecule has 0 aliphatic carbocycles. The molecule has 0 amide bonds. The molecule has 0 N–H and O–H groups in total. The highest BCUT2D eigenvalue weighted by atomic mass is 31.1. The van der Waals surface area contributed by atoms with E-state index in [1.807, 2.05) is 0 Å². The third-order valence-electron chi connectivity index (χ3n) is 0.428. The Hall–Kier alpha value is 0.160. The van der Waals surface area contributed by atoms with Crippen LogP contribution < -0.4 is 0 Å². The molecule has 0 saturated heterocycles. The van der Waals surface area contributed by atoms with Gasteiger partial charge in [0.25, 0.3) is 0 Å². The lowest BCUT2D eigenvalue weighted by atomic mass is 11.3. The number of hydrogen-bond acceptors (Lipinski definition) is 1. The van der Waals surface area contributed by atoms with Crippen LogP contribution in [0.5, 0.6) is 0 Å². The molecule has 1 atom stereocenters. The largest absolute Gasteiger partial charge is 0.592 e. The highest BCUT2D eigenvalue weighted by Crippen LogP contribution is 2.24. The van der Waals surface area contributed by atoms with Gasteiger partial charge in [0, 0.05) is 18.6 Å². The lowest BCUT2D eigenvalue weighted by Crippen LogP contribution is -1.95. The zero-order valence-corrected chi connectivity index (χ0v) is 6.14. The van der Waals surface area contributed by atoms with Crippen LogP contribution >= 0.6 is 17.1 Å². The monoisotopic (exact) mass is 137 g/mol. The zero-order chi connectivity index (χ0) is 5.86. The predicted molar refractivity (Wildman–Crippen MR) is 32.0 cm³/mol. The first-order chi connectivity index (χ1) is 3.18. The maximum atomic E-state index is 10.4. The van der Waals surface area contributed by atoms with E-state index in [4.69, 9.17) is 0 Å². The van der Waals surface area contributed by atoms with Crippen LogP contribution in [-0.4, -0.2) is 18.8 Å². The fourth-order valence-electron chi connectivity index (χ4n) is 0.0894.